The van der Waals surface area contributed by atoms with Crippen molar-refractivity contribution >= 4 is 15.9 Å². The van der Waals surface area contributed by atoms with Gasteiger partial charge in [0.15, 0.2) is 0 Å². The van der Waals surface area contributed by atoms with E-state index in [4.69, 9.17) is 4.74 Å². The molecule has 0 spiro atoms. The van der Waals surface area contributed by atoms with E-state index in [1.807, 2.05) is 31.2 Å². The van der Waals surface area contributed by atoms with Gasteiger partial charge in [-0.05, 0) is 54.7 Å². The van der Waals surface area contributed by atoms with Gasteiger partial charge in [-0.25, -0.2) is 17.1 Å². The lowest BCUT2D eigenvalue weighted by molar-refractivity contribution is -0.126. The Morgan fingerprint density at radius 2 is 1.74 bits per heavy atom. The number of carbonyl (C=O) groups excluding carboxylic acids is 1. The van der Waals surface area contributed by atoms with Crippen LogP contribution in [0.25, 0.3) is 0 Å². The van der Waals surface area contributed by atoms with Crippen LogP contribution in [0.2, 0.25) is 0 Å². The molecular formula is C23H29FN2O4S. The summed E-state index contributed by atoms with van der Waals surface area (Å²) in [6.07, 6.45) is 1.71. The monoisotopic (exact) mass is 448 g/mol. The van der Waals surface area contributed by atoms with Gasteiger partial charge in [0.2, 0.25) is 15.9 Å². The number of hydrogen-bond acceptors (Lipinski definition) is 4. The SMILES string of the molecule is CC[C@H](NC(=O)C1CCN(S(=O)(=O)Cc2ccc(F)cc2)CC1)c1ccc(OC)cc1. The van der Waals surface area contributed by atoms with E-state index in [2.05, 4.69) is 5.32 Å². The van der Waals surface area contributed by atoms with Gasteiger partial charge >= 0.3 is 0 Å². The number of sulfonamides is 1. The summed E-state index contributed by atoms with van der Waals surface area (Å²) in [5, 5.41) is 3.11. The number of hydrogen-bond donors (Lipinski definition) is 1. The smallest absolute Gasteiger partial charge is 0.223 e. The van der Waals surface area contributed by atoms with Crippen LogP contribution in [0, 0.1) is 11.7 Å². The number of ether oxygens (including phenoxy) is 1. The molecule has 3 rings (SSSR count). The van der Waals surface area contributed by atoms with Crippen LogP contribution in [0.15, 0.2) is 48.5 Å². The maximum atomic E-state index is 13.0. The number of carbonyl (C=O) groups is 1. The minimum Gasteiger partial charge on any atom is -0.497 e. The first kappa shape index (κ1) is 23.2. The molecule has 0 unspecified atom stereocenters. The highest BCUT2D eigenvalue weighted by atomic mass is 32.2. The molecule has 1 aliphatic rings. The number of nitrogens with one attached hydrogen (secondary N) is 1. The van der Waals surface area contributed by atoms with Gasteiger partial charge in [0, 0.05) is 19.0 Å². The topological polar surface area (TPSA) is 75.7 Å². The number of piperidine rings is 1. The largest absolute Gasteiger partial charge is 0.497 e. The zero-order valence-electron chi connectivity index (χ0n) is 17.9. The number of rotatable bonds is 8. The Morgan fingerprint density at radius 3 is 2.29 bits per heavy atom. The van der Waals surface area contributed by atoms with Crippen molar-refractivity contribution in [1.82, 2.24) is 9.62 Å². The summed E-state index contributed by atoms with van der Waals surface area (Å²) in [5.74, 6) is -0.0607. The summed E-state index contributed by atoms with van der Waals surface area (Å²) in [6, 6.07) is 13.0. The molecule has 0 saturated carbocycles. The van der Waals surface area contributed by atoms with Crippen LogP contribution in [0.4, 0.5) is 4.39 Å². The zero-order valence-corrected chi connectivity index (χ0v) is 18.7. The van der Waals surface area contributed by atoms with Crippen molar-refractivity contribution in [2.45, 2.75) is 38.0 Å². The van der Waals surface area contributed by atoms with Gasteiger partial charge in [0.05, 0.1) is 18.9 Å². The van der Waals surface area contributed by atoms with Crippen LogP contribution in [-0.4, -0.2) is 38.8 Å². The average molecular weight is 449 g/mol. The zero-order chi connectivity index (χ0) is 22.4. The van der Waals surface area contributed by atoms with Gasteiger partial charge < -0.3 is 10.1 Å². The molecule has 1 saturated heterocycles. The molecule has 2 aromatic carbocycles. The molecule has 0 aromatic heterocycles. The van der Waals surface area contributed by atoms with Gasteiger partial charge in [-0.1, -0.05) is 31.2 Å². The Balaban J connectivity index is 1.55. The fourth-order valence-electron chi connectivity index (χ4n) is 3.83. The molecule has 0 bridgehead atoms. The molecular weight excluding hydrogens is 419 g/mol. The van der Waals surface area contributed by atoms with Gasteiger partial charge in [-0.3, -0.25) is 4.79 Å². The van der Waals surface area contributed by atoms with E-state index >= 15 is 0 Å². The Hall–Kier alpha value is -2.45. The molecule has 8 heteroatoms. The van der Waals surface area contributed by atoms with Crippen LogP contribution in [0.3, 0.4) is 0 Å². The normalized spacial score (nSPS) is 16.6. The third-order valence-electron chi connectivity index (χ3n) is 5.72. The molecule has 1 amide bonds. The van der Waals surface area contributed by atoms with Crippen molar-refractivity contribution in [3.05, 3.63) is 65.5 Å². The number of methoxy groups -OCH3 is 1. The summed E-state index contributed by atoms with van der Waals surface area (Å²) in [7, 11) is -1.90. The first-order valence-electron chi connectivity index (χ1n) is 10.5. The van der Waals surface area contributed by atoms with E-state index in [1.165, 1.54) is 28.6 Å². The first-order chi connectivity index (χ1) is 14.8. The molecule has 6 nitrogen and oxygen atoms in total. The van der Waals surface area contributed by atoms with Crippen molar-refractivity contribution in [2.75, 3.05) is 20.2 Å². The van der Waals surface area contributed by atoms with Crippen molar-refractivity contribution in [3.8, 4) is 5.75 Å². The fourth-order valence-corrected chi connectivity index (χ4v) is 5.39. The second-order valence-electron chi connectivity index (χ2n) is 7.80. The molecule has 1 atom stereocenters. The van der Waals surface area contributed by atoms with E-state index in [9.17, 15) is 17.6 Å². The second kappa shape index (κ2) is 10.2. The van der Waals surface area contributed by atoms with Crippen molar-refractivity contribution in [2.24, 2.45) is 5.92 Å². The maximum absolute atomic E-state index is 13.0. The molecule has 0 radical (unpaired) electrons. The molecule has 1 aliphatic heterocycles. The van der Waals surface area contributed by atoms with E-state index < -0.39 is 15.8 Å². The van der Waals surface area contributed by atoms with Crippen LogP contribution in [-0.2, 0) is 20.6 Å². The van der Waals surface area contributed by atoms with Crippen LogP contribution in [0.1, 0.15) is 43.4 Å². The number of halogens is 1. The van der Waals surface area contributed by atoms with E-state index in [0.29, 0.717) is 31.5 Å². The minimum atomic E-state index is -3.51. The summed E-state index contributed by atoms with van der Waals surface area (Å²) in [6.45, 7) is 2.63. The lowest BCUT2D eigenvalue weighted by atomic mass is 9.95. The van der Waals surface area contributed by atoms with Gasteiger partial charge in [0.25, 0.3) is 0 Å². The second-order valence-corrected chi connectivity index (χ2v) is 9.77. The highest BCUT2D eigenvalue weighted by Crippen LogP contribution is 2.25. The lowest BCUT2D eigenvalue weighted by Gasteiger charge is -2.31. The van der Waals surface area contributed by atoms with Crippen molar-refractivity contribution < 1.29 is 22.3 Å². The Bertz CT molecular complexity index is 970. The summed E-state index contributed by atoms with van der Waals surface area (Å²) in [4.78, 5) is 12.8. The third kappa shape index (κ3) is 6.04. The number of benzene rings is 2. The molecule has 2 aromatic rings. The molecule has 168 valence electrons. The molecule has 1 fully saturated rings. The number of nitrogens with zero attached hydrogens (tertiary/aromatic N) is 1. The molecule has 31 heavy (non-hydrogen) atoms. The summed E-state index contributed by atoms with van der Waals surface area (Å²) < 4.78 is 45.1. The van der Waals surface area contributed by atoms with E-state index in [1.54, 1.807) is 7.11 Å². The fraction of sp³-hybridized carbons (Fsp3) is 0.435. The van der Waals surface area contributed by atoms with Crippen LogP contribution >= 0.6 is 0 Å². The first-order valence-corrected chi connectivity index (χ1v) is 12.1. The van der Waals surface area contributed by atoms with Gasteiger partial charge in [0.1, 0.15) is 11.6 Å². The quantitative estimate of drug-likeness (QED) is 0.669. The third-order valence-corrected chi connectivity index (χ3v) is 7.57. The molecule has 1 N–H and O–H groups in total. The summed E-state index contributed by atoms with van der Waals surface area (Å²) >= 11 is 0. The van der Waals surface area contributed by atoms with Crippen molar-refractivity contribution in [1.29, 1.82) is 0 Å². The highest BCUT2D eigenvalue weighted by molar-refractivity contribution is 7.88. The van der Waals surface area contributed by atoms with Gasteiger partial charge in [-0.2, -0.15) is 0 Å². The Kier molecular flexibility index (Phi) is 7.67. The van der Waals surface area contributed by atoms with E-state index in [-0.39, 0.29) is 23.6 Å². The number of amides is 1. The molecule has 0 aliphatic carbocycles. The molecule has 1 heterocycles. The standard InChI is InChI=1S/C23H29FN2O4S/c1-3-22(18-6-10-21(30-2)11-7-18)25-23(27)19-12-14-26(15-13-19)31(28,29)16-17-4-8-20(24)9-5-17/h4-11,19,22H,3,12-16H2,1-2H3,(H,25,27)/t22-/m0/s1. The Morgan fingerprint density at radius 1 is 1.13 bits per heavy atom. The Labute approximate surface area is 183 Å². The van der Waals surface area contributed by atoms with Gasteiger partial charge in [-0.15, -0.1) is 0 Å². The highest BCUT2D eigenvalue weighted by Gasteiger charge is 2.31. The van der Waals surface area contributed by atoms with Crippen LogP contribution < -0.4 is 10.1 Å². The van der Waals surface area contributed by atoms with Crippen molar-refractivity contribution in [3.63, 3.8) is 0 Å². The maximum Gasteiger partial charge on any atom is 0.223 e. The predicted molar refractivity (Wildman–Crippen MR) is 117 cm³/mol. The lowest BCUT2D eigenvalue weighted by Crippen LogP contribution is -2.44. The van der Waals surface area contributed by atoms with E-state index in [0.717, 1.165) is 17.7 Å². The predicted octanol–water partition coefficient (Wildman–Crippen LogP) is 3.64. The summed E-state index contributed by atoms with van der Waals surface area (Å²) in [5.41, 5.74) is 1.56. The average Bonchev–Trinajstić information content (AvgIpc) is 2.79. The van der Waals surface area contributed by atoms with Crippen LogP contribution in [0.5, 0.6) is 5.75 Å². The minimum absolute atomic E-state index is 0.0433.